The van der Waals surface area contributed by atoms with Gasteiger partial charge in [0.15, 0.2) is 0 Å². The van der Waals surface area contributed by atoms with Crippen molar-refractivity contribution < 1.29 is 9.90 Å². The number of phenolic OH excluding ortho intramolecular Hbond substituents is 1. The van der Waals surface area contributed by atoms with Crippen LogP contribution in [-0.4, -0.2) is 17.3 Å². The minimum absolute atomic E-state index is 0.0628. The molecular formula is C15H15NO2S. The number of phenols is 1. The van der Waals surface area contributed by atoms with E-state index in [0.717, 1.165) is 16.1 Å². The van der Waals surface area contributed by atoms with E-state index >= 15 is 0 Å². The molecular weight excluding hydrogens is 258 g/mol. The number of amides is 1. The van der Waals surface area contributed by atoms with Crippen molar-refractivity contribution >= 4 is 23.4 Å². The maximum Gasteiger partial charge on any atom is 0.228 e. The van der Waals surface area contributed by atoms with E-state index in [9.17, 15) is 9.90 Å². The topological polar surface area (TPSA) is 49.3 Å². The molecule has 0 bridgehead atoms. The van der Waals surface area contributed by atoms with Gasteiger partial charge in [-0.2, -0.15) is 0 Å². The fourth-order valence-corrected chi connectivity index (χ4v) is 2.30. The SMILES string of the molecule is CSc1ccccc1NC(=O)Cc1ccc(O)cc1. The van der Waals surface area contributed by atoms with Gasteiger partial charge in [0.1, 0.15) is 5.75 Å². The molecule has 2 N–H and O–H groups in total. The van der Waals surface area contributed by atoms with E-state index in [2.05, 4.69) is 5.32 Å². The van der Waals surface area contributed by atoms with Crippen LogP contribution in [0.25, 0.3) is 0 Å². The number of para-hydroxylation sites is 1. The summed E-state index contributed by atoms with van der Waals surface area (Å²) in [4.78, 5) is 13.0. The van der Waals surface area contributed by atoms with Crippen LogP contribution >= 0.6 is 11.8 Å². The molecule has 98 valence electrons. The molecule has 4 heteroatoms. The van der Waals surface area contributed by atoms with Crippen molar-refractivity contribution in [1.29, 1.82) is 0 Å². The Kier molecular flexibility index (Phi) is 4.47. The van der Waals surface area contributed by atoms with Crippen molar-refractivity contribution in [2.24, 2.45) is 0 Å². The zero-order valence-electron chi connectivity index (χ0n) is 10.6. The summed E-state index contributed by atoms with van der Waals surface area (Å²) in [5.41, 5.74) is 1.70. The molecule has 3 nitrogen and oxygen atoms in total. The van der Waals surface area contributed by atoms with Gasteiger partial charge in [0.2, 0.25) is 5.91 Å². The first-order valence-electron chi connectivity index (χ1n) is 5.90. The highest BCUT2D eigenvalue weighted by Gasteiger charge is 2.07. The molecule has 0 saturated heterocycles. The molecule has 2 rings (SSSR count). The molecule has 19 heavy (non-hydrogen) atoms. The lowest BCUT2D eigenvalue weighted by Gasteiger charge is -2.09. The molecule has 0 fully saturated rings. The number of thioether (sulfide) groups is 1. The molecule has 0 spiro atoms. The average Bonchev–Trinajstić information content (AvgIpc) is 2.42. The van der Waals surface area contributed by atoms with E-state index in [0.29, 0.717) is 6.42 Å². The van der Waals surface area contributed by atoms with Crippen LogP contribution in [-0.2, 0) is 11.2 Å². The van der Waals surface area contributed by atoms with Gasteiger partial charge in [0.05, 0.1) is 12.1 Å². The molecule has 0 atom stereocenters. The first-order chi connectivity index (χ1) is 9.19. The molecule has 0 saturated carbocycles. The Bertz CT molecular complexity index is 567. The van der Waals surface area contributed by atoms with E-state index in [4.69, 9.17) is 0 Å². The summed E-state index contributed by atoms with van der Waals surface area (Å²) in [6.07, 6.45) is 2.27. The average molecular weight is 273 g/mol. The van der Waals surface area contributed by atoms with Crippen LogP contribution in [0.2, 0.25) is 0 Å². The molecule has 2 aromatic carbocycles. The fourth-order valence-electron chi connectivity index (χ4n) is 1.74. The van der Waals surface area contributed by atoms with Crippen molar-refractivity contribution in [3.8, 4) is 5.75 Å². The van der Waals surface area contributed by atoms with E-state index < -0.39 is 0 Å². The van der Waals surface area contributed by atoms with Crippen LogP contribution in [0.15, 0.2) is 53.4 Å². The maximum absolute atomic E-state index is 12.0. The Hall–Kier alpha value is -1.94. The lowest BCUT2D eigenvalue weighted by atomic mass is 10.1. The zero-order valence-corrected chi connectivity index (χ0v) is 11.4. The van der Waals surface area contributed by atoms with Crippen molar-refractivity contribution in [2.75, 3.05) is 11.6 Å². The van der Waals surface area contributed by atoms with Crippen LogP contribution in [0.1, 0.15) is 5.56 Å². The standard InChI is InChI=1S/C15H15NO2S/c1-19-14-5-3-2-4-13(14)16-15(18)10-11-6-8-12(17)9-7-11/h2-9,17H,10H2,1H3,(H,16,18). The molecule has 0 heterocycles. The van der Waals surface area contributed by atoms with Gasteiger partial charge in [-0.3, -0.25) is 4.79 Å². The molecule has 0 radical (unpaired) electrons. The number of hydrogen-bond acceptors (Lipinski definition) is 3. The van der Waals surface area contributed by atoms with E-state index in [1.807, 2.05) is 30.5 Å². The predicted octanol–water partition coefficient (Wildman–Crippen LogP) is 3.30. The highest BCUT2D eigenvalue weighted by atomic mass is 32.2. The summed E-state index contributed by atoms with van der Waals surface area (Å²) in [5.74, 6) is 0.143. The maximum atomic E-state index is 12.0. The summed E-state index contributed by atoms with van der Waals surface area (Å²) >= 11 is 1.60. The first-order valence-corrected chi connectivity index (χ1v) is 7.12. The molecule has 0 aliphatic carbocycles. The Morgan fingerprint density at radius 2 is 1.84 bits per heavy atom. The van der Waals surface area contributed by atoms with Crippen molar-refractivity contribution in [3.63, 3.8) is 0 Å². The van der Waals surface area contributed by atoms with Crippen LogP contribution in [0.5, 0.6) is 5.75 Å². The highest BCUT2D eigenvalue weighted by molar-refractivity contribution is 7.98. The number of carbonyl (C=O) groups is 1. The van der Waals surface area contributed by atoms with Gasteiger partial charge in [-0.15, -0.1) is 11.8 Å². The van der Waals surface area contributed by atoms with Gasteiger partial charge < -0.3 is 10.4 Å². The number of rotatable bonds is 4. The summed E-state index contributed by atoms with van der Waals surface area (Å²) in [6.45, 7) is 0. The second-order valence-electron chi connectivity index (χ2n) is 4.09. The Morgan fingerprint density at radius 3 is 2.53 bits per heavy atom. The van der Waals surface area contributed by atoms with E-state index in [-0.39, 0.29) is 11.7 Å². The summed E-state index contributed by atoms with van der Waals surface area (Å²) < 4.78 is 0. The highest BCUT2D eigenvalue weighted by Crippen LogP contribution is 2.24. The summed E-state index contributed by atoms with van der Waals surface area (Å²) in [7, 11) is 0. The predicted molar refractivity (Wildman–Crippen MR) is 78.7 cm³/mol. The van der Waals surface area contributed by atoms with Gasteiger partial charge in [0, 0.05) is 4.90 Å². The third-order valence-electron chi connectivity index (χ3n) is 2.68. The van der Waals surface area contributed by atoms with Gasteiger partial charge >= 0.3 is 0 Å². The largest absolute Gasteiger partial charge is 0.508 e. The van der Waals surface area contributed by atoms with Crippen LogP contribution in [0, 0.1) is 0 Å². The minimum Gasteiger partial charge on any atom is -0.508 e. The summed E-state index contributed by atoms with van der Waals surface area (Å²) in [5, 5.41) is 12.1. The van der Waals surface area contributed by atoms with Gasteiger partial charge in [-0.25, -0.2) is 0 Å². The summed E-state index contributed by atoms with van der Waals surface area (Å²) in [6, 6.07) is 14.4. The van der Waals surface area contributed by atoms with Crippen molar-refractivity contribution in [1.82, 2.24) is 0 Å². The van der Waals surface area contributed by atoms with Crippen LogP contribution in [0.4, 0.5) is 5.69 Å². The number of aromatic hydroxyl groups is 1. The molecule has 0 aliphatic heterocycles. The van der Waals surface area contributed by atoms with Crippen LogP contribution in [0.3, 0.4) is 0 Å². The third kappa shape index (κ3) is 3.76. The number of carbonyl (C=O) groups excluding carboxylic acids is 1. The van der Waals surface area contributed by atoms with Crippen LogP contribution < -0.4 is 5.32 Å². The second-order valence-corrected chi connectivity index (χ2v) is 4.94. The zero-order chi connectivity index (χ0) is 13.7. The number of anilines is 1. The normalized spacial score (nSPS) is 10.2. The fraction of sp³-hybridized carbons (Fsp3) is 0.133. The molecule has 0 unspecified atom stereocenters. The third-order valence-corrected chi connectivity index (χ3v) is 3.48. The monoisotopic (exact) mass is 273 g/mol. The van der Waals surface area contributed by atoms with E-state index in [1.165, 1.54) is 0 Å². The lowest BCUT2D eigenvalue weighted by molar-refractivity contribution is -0.115. The van der Waals surface area contributed by atoms with E-state index in [1.54, 1.807) is 36.0 Å². The van der Waals surface area contributed by atoms with Gasteiger partial charge in [-0.1, -0.05) is 24.3 Å². The lowest BCUT2D eigenvalue weighted by Crippen LogP contribution is -2.14. The first kappa shape index (κ1) is 13.5. The smallest absolute Gasteiger partial charge is 0.228 e. The van der Waals surface area contributed by atoms with Crippen molar-refractivity contribution in [3.05, 3.63) is 54.1 Å². The Labute approximate surface area is 116 Å². The number of nitrogens with one attached hydrogen (secondary N) is 1. The van der Waals surface area contributed by atoms with Crippen molar-refractivity contribution in [2.45, 2.75) is 11.3 Å². The number of benzene rings is 2. The molecule has 2 aromatic rings. The quantitative estimate of drug-likeness (QED) is 0.840. The van der Waals surface area contributed by atoms with Gasteiger partial charge in [-0.05, 0) is 36.1 Å². The van der Waals surface area contributed by atoms with Gasteiger partial charge in [0.25, 0.3) is 0 Å². The minimum atomic E-state index is -0.0628. The second kappa shape index (κ2) is 6.29. The molecule has 1 amide bonds. The Balaban J connectivity index is 2.03. The number of hydrogen-bond donors (Lipinski definition) is 2. The Morgan fingerprint density at radius 1 is 1.16 bits per heavy atom. The molecule has 0 aliphatic rings. The molecule has 0 aromatic heterocycles.